The van der Waals surface area contributed by atoms with Gasteiger partial charge in [0.1, 0.15) is 0 Å². The molecule has 2 N–H and O–H groups in total. The molecule has 0 bridgehead atoms. The molecule has 72 valence electrons. The molecule has 12 heavy (non-hydrogen) atoms. The minimum Gasteiger partial charge on any atom is -0.394 e. The highest BCUT2D eigenvalue weighted by Crippen LogP contribution is 2.26. The summed E-state index contributed by atoms with van der Waals surface area (Å²) in [5.74, 6) is 0.766. The van der Waals surface area contributed by atoms with E-state index in [1.165, 1.54) is 6.42 Å². The third-order valence-electron chi connectivity index (χ3n) is 2.98. The predicted molar refractivity (Wildman–Crippen MR) is 47.9 cm³/mol. The Balaban J connectivity index is 2.39. The van der Waals surface area contributed by atoms with E-state index < -0.39 is 5.54 Å². The van der Waals surface area contributed by atoms with E-state index in [4.69, 9.17) is 10.2 Å². The van der Waals surface area contributed by atoms with Gasteiger partial charge in [-0.1, -0.05) is 13.3 Å². The quantitative estimate of drug-likeness (QED) is 0.632. The highest BCUT2D eigenvalue weighted by atomic mass is 16.3. The van der Waals surface area contributed by atoms with Gasteiger partial charge >= 0.3 is 0 Å². The summed E-state index contributed by atoms with van der Waals surface area (Å²) in [6.45, 7) is 6.21. The van der Waals surface area contributed by atoms with Crippen LogP contribution < -0.4 is 0 Å². The van der Waals surface area contributed by atoms with Gasteiger partial charge in [0.15, 0.2) is 0 Å². The molecule has 3 nitrogen and oxygen atoms in total. The van der Waals surface area contributed by atoms with Crippen LogP contribution >= 0.6 is 0 Å². The van der Waals surface area contributed by atoms with Gasteiger partial charge in [0.25, 0.3) is 0 Å². The van der Waals surface area contributed by atoms with Crippen LogP contribution in [0.3, 0.4) is 0 Å². The first kappa shape index (κ1) is 9.96. The molecule has 0 amide bonds. The summed E-state index contributed by atoms with van der Waals surface area (Å²) < 4.78 is 0. The summed E-state index contributed by atoms with van der Waals surface area (Å²) in [6, 6.07) is 0. The molecule has 0 radical (unpaired) electrons. The molecule has 1 heterocycles. The lowest BCUT2D eigenvalue weighted by molar-refractivity contribution is -0.0640. The van der Waals surface area contributed by atoms with Crippen LogP contribution in [-0.2, 0) is 0 Å². The molecule has 1 saturated heterocycles. The lowest BCUT2D eigenvalue weighted by Gasteiger charge is -2.49. The zero-order valence-corrected chi connectivity index (χ0v) is 7.95. The third-order valence-corrected chi connectivity index (χ3v) is 2.98. The second-order valence-electron chi connectivity index (χ2n) is 3.99. The minimum absolute atomic E-state index is 0.0416. The van der Waals surface area contributed by atoms with Gasteiger partial charge in [-0.15, -0.1) is 0 Å². The Hall–Kier alpha value is -0.120. The highest BCUT2D eigenvalue weighted by Gasteiger charge is 2.38. The van der Waals surface area contributed by atoms with Crippen molar-refractivity contribution in [2.45, 2.75) is 25.8 Å². The highest BCUT2D eigenvalue weighted by molar-refractivity contribution is 4.93. The topological polar surface area (TPSA) is 43.7 Å². The molecular weight excluding hydrogens is 154 g/mol. The van der Waals surface area contributed by atoms with Crippen LogP contribution in [0.1, 0.15) is 20.3 Å². The van der Waals surface area contributed by atoms with Crippen LogP contribution in [0.25, 0.3) is 0 Å². The summed E-state index contributed by atoms with van der Waals surface area (Å²) >= 11 is 0. The van der Waals surface area contributed by atoms with Crippen molar-refractivity contribution < 1.29 is 10.2 Å². The Morgan fingerprint density at radius 3 is 2.17 bits per heavy atom. The molecule has 3 heteroatoms. The van der Waals surface area contributed by atoms with Gasteiger partial charge < -0.3 is 10.2 Å². The van der Waals surface area contributed by atoms with Crippen molar-refractivity contribution in [2.24, 2.45) is 5.92 Å². The number of hydrogen-bond donors (Lipinski definition) is 2. The van der Waals surface area contributed by atoms with E-state index in [9.17, 15) is 0 Å². The Bertz CT molecular complexity index is 139. The minimum atomic E-state index is -0.397. The average molecular weight is 173 g/mol. The first-order valence-corrected chi connectivity index (χ1v) is 4.63. The maximum absolute atomic E-state index is 9.08. The summed E-state index contributed by atoms with van der Waals surface area (Å²) in [4.78, 5) is 2.15. The molecule has 0 saturated carbocycles. The number of aliphatic hydroxyl groups excluding tert-OH is 2. The lowest BCUT2D eigenvalue weighted by Crippen LogP contribution is -2.61. The normalized spacial score (nSPS) is 21.0. The Labute approximate surface area is 74.0 Å². The number of rotatable bonds is 4. The number of likely N-dealkylation sites (tertiary alicyclic amines) is 1. The smallest absolute Gasteiger partial charge is 0.0644 e. The molecule has 1 fully saturated rings. The van der Waals surface area contributed by atoms with Gasteiger partial charge in [-0.25, -0.2) is 0 Å². The summed E-state index contributed by atoms with van der Waals surface area (Å²) in [6.07, 6.45) is 1.20. The monoisotopic (exact) mass is 173 g/mol. The Morgan fingerprint density at radius 1 is 1.33 bits per heavy atom. The molecular formula is C9H19NO2. The molecule has 0 atom stereocenters. The Morgan fingerprint density at radius 2 is 1.83 bits per heavy atom. The van der Waals surface area contributed by atoms with Gasteiger partial charge in [0.2, 0.25) is 0 Å². The van der Waals surface area contributed by atoms with Crippen LogP contribution in [0.2, 0.25) is 0 Å². The predicted octanol–water partition coefficient (Wildman–Crippen LogP) is 0.0715. The van der Waals surface area contributed by atoms with Crippen molar-refractivity contribution in [3.63, 3.8) is 0 Å². The lowest BCUT2D eigenvalue weighted by atomic mass is 9.89. The Kier molecular flexibility index (Phi) is 3.09. The standard InChI is InChI=1S/C9H19NO2/c1-3-8-4-10(5-8)9(2,6-11)7-12/h8,11-12H,3-7H2,1-2H3. The maximum Gasteiger partial charge on any atom is 0.0644 e. The fourth-order valence-electron chi connectivity index (χ4n) is 1.52. The molecule has 0 unspecified atom stereocenters. The van der Waals surface area contributed by atoms with E-state index in [0.717, 1.165) is 19.0 Å². The zero-order valence-electron chi connectivity index (χ0n) is 7.95. The van der Waals surface area contributed by atoms with Gasteiger partial charge in [-0.2, -0.15) is 0 Å². The van der Waals surface area contributed by atoms with Crippen molar-refractivity contribution in [3.8, 4) is 0 Å². The first-order chi connectivity index (χ1) is 5.66. The number of aliphatic hydroxyl groups is 2. The van der Waals surface area contributed by atoms with Crippen molar-refractivity contribution in [2.75, 3.05) is 26.3 Å². The summed E-state index contributed by atoms with van der Waals surface area (Å²) in [5.41, 5.74) is -0.397. The van der Waals surface area contributed by atoms with Crippen molar-refractivity contribution in [1.82, 2.24) is 4.90 Å². The summed E-state index contributed by atoms with van der Waals surface area (Å²) in [7, 11) is 0. The van der Waals surface area contributed by atoms with E-state index in [-0.39, 0.29) is 13.2 Å². The van der Waals surface area contributed by atoms with Crippen LogP contribution in [0.4, 0.5) is 0 Å². The third kappa shape index (κ3) is 1.63. The number of nitrogens with zero attached hydrogens (tertiary/aromatic N) is 1. The second kappa shape index (κ2) is 3.73. The van der Waals surface area contributed by atoms with Crippen molar-refractivity contribution in [3.05, 3.63) is 0 Å². The molecule has 0 aromatic rings. The van der Waals surface area contributed by atoms with Gasteiger partial charge in [0.05, 0.1) is 18.8 Å². The molecule has 1 aliphatic heterocycles. The van der Waals surface area contributed by atoms with E-state index in [1.54, 1.807) is 0 Å². The molecule has 0 aromatic carbocycles. The molecule has 1 rings (SSSR count). The van der Waals surface area contributed by atoms with Crippen LogP contribution in [0, 0.1) is 5.92 Å². The van der Waals surface area contributed by atoms with E-state index in [0.29, 0.717) is 0 Å². The van der Waals surface area contributed by atoms with E-state index in [2.05, 4.69) is 11.8 Å². The molecule has 0 aliphatic carbocycles. The largest absolute Gasteiger partial charge is 0.394 e. The first-order valence-electron chi connectivity index (χ1n) is 4.63. The van der Waals surface area contributed by atoms with Crippen LogP contribution in [0.15, 0.2) is 0 Å². The van der Waals surface area contributed by atoms with Gasteiger partial charge in [-0.3, -0.25) is 4.90 Å². The van der Waals surface area contributed by atoms with E-state index in [1.807, 2.05) is 6.92 Å². The van der Waals surface area contributed by atoms with E-state index >= 15 is 0 Å². The second-order valence-corrected chi connectivity index (χ2v) is 3.99. The average Bonchev–Trinajstić information content (AvgIpc) is 2.02. The maximum atomic E-state index is 9.08. The molecule has 0 aromatic heterocycles. The van der Waals surface area contributed by atoms with Crippen LogP contribution in [-0.4, -0.2) is 47.0 Å². The van der Waals surface area contributed by atoms with Crippen LogP contribution in [0.5, 0.6) is 0 Å². The number of hydrogen-bond acceptors (Lipinski definition) is 3. The van der Waals surface area contributed by atoms with Crippen molar-refractivity contribution >= 4 is 0 Å². The summed E-state index contributed by atoms with van der Waals surface area (Å²) in [5, 5.41) is 18.2. The van der Waals surface area contributed by atoms with Crippen molar-refractivity contribution in [1.29, 1.82) is 0 Å². The zero-order chi connectivity index (χ0) is 9.19. The fraction of sp³-hybridized carbons (Fsp3) is 1.00. The van der Waals surface area contributed by atoms with Gasteiger partial charge in [0, 0.05) is 13.1 Å². The molecule has 1 aliphatic rings. The molecule has 0 spiro atoms. The fourth-order valence-corrected chi connectivity index (χ4v) is 1.52. The van der Waals surface area contributed by atoms with Gasteiger partial charge in [-0.05, 0) is 12.8 Å². The SMILES string of the molecule is CCC1CN(C(C)(CO)CO)C1.